The van der Waals surface area contributed by atoms with E-state index in [0.29, 0.717) is 30.4 Å². The Morgan fingerprint density at radius 1 is 1.03 bits per heavy atom. The third kappa shape index (κ3) is 5.30. The van der Waals surface area contributed by atoms with Crippen LogP contribution in [0.15, 0.2) is 53.1 Å². The zero-order chi connectivity index (χ0) is 26.9. The molecule has 204 valence electrons. The third-order valence-corrected chi connectivity index (χ3v) is 8.20. The molecular weight excluding hydrogens is 494 g/mol. The molecule has 2 unspecified atom stereocenters. The zero-order valence-corrected chi connectivity index (χ0v) is 22.5. The molecule has 3 heterocycles. The van der Waals surface area contributed by atoms with Gasteiger partial charge in [-0.2, -0.15) is 0 Å². The van der Waals surface area contributed by atoms with Gasteiger partial charge >= 0.3 is 12.0 Å². The molecule has 2 amide bonds. The lowest BCUT2D eigenvalue weighted by molar-refractivity contribution is -0.0158. The summed E-state index contributed by atoms with van der Waals surface area (Å²) in [4.78, 5) is 27.1. The van der Waals surface area contributed by atoms with Crippen LogP contribution < -0.4 is 5.32 Å². The number of carbonyl (C=O) groups is 2. The number of rotatable bonds is 8. The van der Waals surface area contributed by atoms with Crippen molar-refractivity contribution in [2.45, 2.75) is 83.1 Å². The fourth-order valence-electron chi connectivity index (χ4n) is 6.07. The summed E-state index contributed by atoms with van der Waals surface area (Å²) in [5.41, 5.74) is 5.36. The monoisotopic (exact) mass is 529 g/mol. The number of nitrogens with zero attached hydrogens (tertiary/aromatic N) is 2. The van der Waals surface area contributed by atoms with E-state index in [2.05, 4.69) is 29.5 Å². The van der Waals surface area contributed by atoms with Gasteiger partial charge in [-0.1, -0.05) is 29.4 Å². The molecule has 39 heavy (non-hydrogen) atoms. The van der Waals surface area contributed by atoms with Gasteiger partial charge in [0.15, 0.2) is 0 Å². The molecular formula is C31H35N3O5. The molecule has 3 aliphatic rings. The number of fused-ring (bicyclic) bond motifs is 2. The van der Waals surface area contributed by atoms with Crippen LogP contribution in [0.5, 0.6) is 0 Å². The fourth-order valence-corrected chi connectivity index (χ4v) is 6.07. The first-order valence-corrected chi connectivity index (χ1v) is 14.0. The van der Waals surface area contributed by atoms with E-state index in [1.807, 2.05) is 17.0 Å². The Bertz CT molecular complexity index is 1330. The fraction of sp³-hybridized carbons (Fsp3) is 0.452. The number of carbonyl (C=O) groups excluding carboxylic acids is 2. The van der Waals surface area contributed by atoms with Crippen LogP contribution in [0.2, 0.25) is 0 Å². The first-order valence-electron chi connectivity index (χ1n) is 14.0. The summed E-state index contributed by atoms with van der Waals surface area (Å²) in [6, 6.07) is 15.3. The molecule has 1 saturated carbocycles. The summed E-state index contributed by atoms with van der Waals surface area (Å²) in [5, 5.41) is 7.48. The Labute approximate surface area is 228 Å². The van der Waals surface area contributed by atoms with Crippen molar-refractivity contribution >= 4 is 17.7 Å². The predicted molar refractivity (Wildman–Crippen MR) is 147 cm³/mol. The number of nitrogens with one attached hydrogen (secondary N) is 1. The highest BCUT2D eigenvalue weighted by atomic mass is 16.5. The van der Waals surface area contributed by atoms with Crippen LogP contribution in [-0.2, 0) is 16.1 Å². The normalized spacial score (nSPS) is 22.1. The number of esters is 1. The van der Waals surface area contributed by atoms with E-state index in [4.69, 9.17) is 14.0 Å². The van der Waals surface area contributed by atoms with E-state index in [-0.39, 0.29) is 30.2 Å². The molecule has 3 fully saturated rings. The van der Waals surface area contributed by atoms with Crippen molar-refractivity contribution in [2.75, 3.05) is 11.9 Å². The first kappa shape index (κ1) is 25.6. The Balaban J connectivity index is 1.09. The number of ether oxygens (including phenoxy) is 2. The second kappa shape index (κ2) is 10.8. The third-order valence-electron chi connectivity index (χ3n) is 8.20. The number of urea groups is 1. The van der Waals surface area contributed by atoms with E-state index in [0.717, 1.165) is 61.1 Å². The molecule has 2 aromatic carbocycles. The standard InChI is InChI=1S/C31H35N3O5/c1-3-37-30(35)21-10-12-22(13-11-21)32-31(36)34-23-14-15-24(34)17-25(16-23)38-18-27-28(26-7-5-4-6-19(26)2)33-39-29(27)20-8-9-20/h4-7,10-13,20,23-25H,3,8-9,14-18H2,1-2H3,(H,32,36). The van der Waals surface area contributed by atoms with Crippen molar-refractivity contribution in [3.05, 3.63) is 71.0 Å². The van der Waals surface area contributed by atoms with Gasteiger partial charge in [-0.3, -0.25) is 0 Å². The number of aryl methyl sites for hydroxylation is 1. The lowest BCUT2D eigenvalue weighted by atomic mass is 9.99. The van der Waals surface area contributed by atoms with E-state index < -0.39 is 0 Å². The summed E-state index contributed by atoms with van der Waals surface area (Å²) < 4.78 is 17.4. The largest absolute Gasteiger partial charge is 0.462 e. The number of benzene rings is 2. The van der Waals surface area contributed by atoms with Gasteiger partial charge in [0.25, 0.3) is 0 Å². The Morgan fingerprint density at radius 2 is 1.74 bits per heavy atom. The zero-order valence-electron chi connectivity index (χ0n) is 22.5. The molecule has 1 N–H and O–H groups in total. The molecule has 2 saturated heterocycles. The van der Waals surface area contributed by atoms with Crippen LogP contribution in [-0.4, -0.2) is 46.9 Å². The van der Waals surface area contributed by atoms with E-state index >= 15 is 0 Å². The van der Waals surface area contributed by atoms with Gasteiger partial charge in [0, 0.05) is 34.8 Å². The van der Waals surface area contributed by atoms with Crippen LogP contribution in [0, 0.1) is 6.92 Å². The summed E-state index contributed by atoms with van der Waals surface area (Å²) in [6.07, 6.45) is 5.95. The minimum absolute atomic E-state index is 0.0853. The highest BCUT2D eigenvalue weighted by molar-refractivity contribution is 5.92. The summed E-state index contributed by atoms with van der Waals surface area (Å²) in [5.74, 6) is 1.06. The number of hydrogen-bond acceptors (Lipinski definition) is 6. The van der Waals surface area contributed by atoms with Gasteiger partial charge in [-0.25, -0.2) is 9.59 Å². The minimum atomic E-state index is -0.364. The van der Waals surface area contributed by atoms with Gasteiger partial charge in [-0.05, 0) is 82.2 Å². The smallest absolute Gasteiger partial charge is 0.338 e. The van der Waals surface area contributed by atoms with Gasteiger partial charge in [0.1, 0.15) is 11.5 Å². The first-order chi connectivity index (χ1) is 19.0. The highest BCUT2D eigenvalue weighted by Crippen LogP contribution is 2.45. The molecule has 8 heteroatoms. The molecule has 2 bridgehead atoms. The molecule has 2 aliphatic heterocycles. The maximum absolute atomic E-state index is 13.2. The SMILES string of the molecule is CCOC(=O)c1ccc(NC(=O)N2C3CCC2CC(OCc2c(-c4ccccc4C)noc2C2CC2)C3)cc1. The average Bonchev–Trinajstić information content (AvgIpc) is 3.64. The second-order valence-corrected chi connectivity index (χ2v) is 10.9. The molecule has 0 spiro atoms. The summed E-state index contributed by atoms with van der Waals surface area (Å²) in [7, 11) is 0. The molecule has 6 rings (SSSR count). The molecule has 3 aromatic rings. The highest BCUT2D eigenvalue weighted by Gasteiger charge is 2.44. The number of anilines is 1. The van der Waals surface area contributed by atoms with Crippen LogP contribution >= 0.6 is 0 Å². The van der Waals surface area contributed by atoms with Crippen molar-refractivity contribution in [2.24, 2.45) is 0 Å². The average molecular weight is 530 g/mol. The van der Waals surface area contributed by atoms with Crippen LogP contribution in [0.4, 0.5) is 10.5 Å². The molecule has 1 aliphatic carbocycles. The van der Waals surface area contributed by atoms with Crippen molar-refractivity contribution < 1.29 is 23.6 Å². The van der Waals surface area contributed by atoms with Crippen LogP contribution in [0.3, 0.4) is 0 Å². The lowest BCUT2D eigenvalue weighted by Gasteiger charge is -2.38. The number of aromatic nitrogens is 1. The van der Waals surface area contributed by atoms with Crippen molar-refractivity contribution in [1.29, 1.82) is 0 Å². The number of amides is 2. The molecule has 1 aromatic heterocycles. The van der Waals surface area contributed by atoms with Crippen LogP contribution in [0.25, 0.3) is 11.3 Å². The van der Waals surface area contributed by atoms with Gasteiger partial charge in [0.2, 0.25) is 0 Å². The van der Waals surface area contributed by atoms with Crippen molar-refractivity contribution in [3.63, 3.8) is 0 Å². The topological polar surface area (TPSA) is 93.9 Å². The van der Waals surface area contributed by atoms with E-state index in [1.165, 1.54) is 5.56 Å². The Morgan fingerprint density at radius 3 is 2.41 bits per heavy atom. The number of hydrogen-bond donors (Lipinski definition) is 1. The quantitative estimate of drug-likeness (QED) is 0.337. The maximum atomic E-state index is 13.2. The molecule has 2 atom stereocenters. The Kier molecular flexibility index (Phi) is 7.12. The Hall–Kier alpha value is -3.65. The predicted octanol–water partition coefficient (Wildman–Crippen LogP) is 6.45. The van der Waals surface area contributed by atoms with Crippen molar-refractivity contribution in [3.8, 4) is 11.3 Å². The maximum Gasteiger partial charge on any atom is 0.338 e. The van der Waals surface area contributed by atoms with Gasteiger partial charge < -0.3 is 24.2 Å². The molecule has 8 nitrogen and oxygen atoms in total. The van der Waals surface area contributed by atoms with Gasteiger partial charge in [0.05, 0.1) is 24.9 Å². The minimum Gasteiger partial charge on any atom is -0.462 e. The van der Waals surface area contributed by atoms with E-state index in [9.17, 15) is 9.59 Å². The number of piperidine rings is 1. The summed E-state index contributed by atoms with van der Waals surface area (Å²) in [6.45, 7) is 4.67. The van der Waals surface area contributed by atoms with Gasteiger partial charge in [-0.15, -0.1) is 0 Å². The second-order valence-electron chi connectivity index (χ2n) is 10.9. The van der Waals surface area contributed by atoms with Crippen molar-refractivity contribution in [1.82, 2.24) is 10.1 Å². The van der Waals surface area contributed by atoms with Crippen LogP contribution in [0.1, 0.15) is 78.6 Å². The van der Waals surface area contributed by atoms with E-state index in [1.54, 1.807) is 31.2 Å². The molecule has 0 radical (unpaired) electrons. The summed E-state index contributed by atoms with van der Waals surface area (Å²) >= 11 is 0. The lowest BCUT2D eigenvalue weighted by Crippen LogP contribution is -2.50.